The fourth-order valence-electron chi connectivity index (χ4n) is 1.04. The van der Waals surface area contributed by atoms with Crippen molar-refractivity contribution in [3.05, 3.63) is 0 Å². The predicted octanol–water partition coefficient (Wildman–Crippen LogP) is -0.144. The smallest absolute Gasteiger partial charge is 0.330 e. The van der Waals surface area contributed by atoms with Crippen LogP contribution in [0, 0.1) is 0 Å². The van der Waals surface area contributed by atoms with Crippen molar-refractivity contribution in [1.29, 1.82) is 0 Å². The molecule has 1 N–H and O–H groups in total. The SMILES string of the molecule is CCOC(=O)C1CC(C(C)=O)=NN1. The van der Waals surface area contributed by atoms with E-state index < -0.39 is 6.04 Å². The monoisotopic (exact) mass is 184 g/mol. The van der Waals surface area contributed by atoms with Crippen LogP contribution in [0.1, 0.15) is 20.3 Å². The molecule has 1 aliphatic rings. The number of carbonyl (C=O) groups is 2. The lowest BCUT2D eigenvalue weighted by molar-refractivity contribution is -0.145. The molecule has 1 atom stereocenters. The van der Waals surface area contributed by atoms with E-state index in [1.807, 2.05) is 0 Å². The van der Waals surface area contributed by atoms with E-state index in [-0.39, 0.29) is 11.8 Å². The first-order chi connectivity index (χ1) is 6.15. The normalized spacial score (nSPS) is 20.5. The zero-order valence-corrected chi connectivity index (χ0v) is 7.66. The Morgan fingerprint density at radius 1 is 1.69 bits per heavy atom. The Bertz CT molecular complexity index is 260. The highest BCUT2D eigenvalue weighted by molar-refractivity contribution is 6.39. The molecule has 0 amide bonds. The third kappa shape index (κ3) is 2.27. The molecule has 0 radical (unpaired) electrons. The van der Waals surface area contributed by atoms with Gasteiger partial charge in [-0.3, -0.25) is 10.2 Å². The van der Waals surface area contributed by atoms with Gasteiger partial charge in [0, 0.05) is 13.3 Å². The second kappa shape index (κ2) is 4.02. The molecule has 0 aliphatic carbocycles. The lowest BCUT2D eigenvalue weighted by atomic mass is 10.1. The number of ether oxygens (including phenoxy) is 1. The summed E-state index contributed by atoms with van der Waals surface area (Å²) >= 11 is 0. The van der Waals surface area contributed by atoms with Gasteiger partial charge < -0.3 is 4.74 Å². The second-order valence-corrected chi connectivity index (χ2v) is 2.75. The summed E-state index contributed by atoms with van der Waals surface area (Å²) in [5.74, 6) is -0.471. The van der Waals surface area contributed by atoms with Crippen molar-refractivity contribution in [2.45, 2.75) is 26.3 Å². The van der Waals surface area contributed by atoms with Gasteiger partial charge in [-0.05, 0) is 6.92 Å². The Labute approximate surface area is 76.1 Å². The van der Waals surface area contributed by atoms with Crippen LogP contribution < -0.4 is 5.43 Å². The fourth-order valence-corrected chi connectivity index (χ4v) is 1.04. The van der Waals surface area contributed by atoms with Gasteiger partial charge in [-0.15, -0.1) is 0 Å². The van der Waals surface area contributed by atoms with Crippen LogP contribution in [-0.4, -0.2) is 30.1 Å². The summed E-state index contributed by atoms with van der Waals surface area (Å²) in [4.78, 5) is 22.0. The number of ketones is 1. The lowest BCUT2D eigenvalue weighted by Gasteiger charge is -2.07. The summed E-state index contributed by atoms with van der Waals surface area (Å²) < 4.78 is 4.77. The Kier molecular flexibility index (Phi) is 3.00. The Morgan fingerprint density at radius 3 is 2.85 bits per heavy atom. The van der Waals surface area contributed by atoms with Crippen molar-refractivity contribution in [1.82, 2.24) is 5.43 Å². The molecule has 1 rings (SSSR count). The van der Waals surface area contributed by atoms with E-state index in [2.05, 4.69) is 10.5 Å². The summed E-state index contributed by atoms with van der Waals surface area (Å²) in [6.07, 6.45) is 0.328. The number of nitrogens with one attached hydrogen (secondary N) is 1. The molecule has 0 aromatic rings. The first-order valence-electron chi connectivity index (χ1n) is 4.14. The molecule has 0 aromatic carbocycles. The van der Waals surface area contributed by atoms with Crippen LogP contribution in [0.5, 0.6) is 0 Å². The topological polar surface area (TPSA) is 67.8 Å². The van der Waals surface area contributed by atoms with Crippen LogP contribution in [0.4, 0.5) is 0 Å². The number of hydrogen-bond acceptors (Lipinski definition) is 5. The standard InChI is InChI=1S/C8H12N2O3/c1-3-13-8(12)7-4-6(5(2)11)9-10-7/h7,10H,3-4H2,1-2H3. The van der Waals surface area contributed by atoms with Crippen molar-refractivity contribution in [3.8, 4) is 0 Å². The van der Waals surface area contributed by atoms with E-state index in [0.29, 0.717) is 18.7 Å². The number of carbonyl (C=O) groups excluding carboxylic acids is 2. The van der Waals surface area contributed by atoms with E-state index in [4.69, 9.17) is 4.74 Å². The summed E-state index contributed by atoms with van der Waals surface area (Å²) in [7, 11) is 0. The maximum Gasteiger partial charge on any atom is 0.330 e. The molecular formula is C8H12N2O3. The molecule has 0 bridgehead atoms. The number of Topliss-reactive ketones (excluding diaryl/α,β-unsaturated/α-hetero) is 1. The molecule has 0 saturated carbocycles. The van der Waals surface area contributed by atoms with Crippen LogP contribution in [0.15, 0.2) is 5.10 Å². The molecule has 72 valence electrons. The summed E-state index contributed by atoms with van der Waals surface area (Å²) in [6.45, 7) is 3.50. The molecule has 0 fully saturated rings. The number of hydrazone groups is 1. The minimum absolute atomic E-state index is 0.112. The number of esters is 1. The molecule has 5 nitrogen and oxygen atoms in total. The molecule has 13 heavy (non-hydrogen) atoms. The minimum atomic E-state index is -0.487. The van der Waals surface area contributed by atoms with Crippen molar-refractivity contribution in [2.24, 2.45) is 5.10 Å². The van der Waals surface area contributed by atoms with Crippen LogP contribution in [0.3, 0.4) is 0 Å². The molecule has 1 unspecified atom stereocenters. The molecule has 1 aliphatic heterocycles. The molecule has 0 aromatic heterocycles. The highest BCUT2D eigenvalue weighted by Crippen LogP contribution is 2.05. The van der Waals surface area contributed by atoms with Crippen molar-refractivity contribution in [2.75, 3.05) is 6.61 Å². The van der Waals surface area contributed by atoms with E-state index in [0.717, 1.165) is 0 Å². The van der Waals surface area contributed by atoms with Crippen LogP contribution in [-0.2, 0) is 14.3 Å². The van der Waals surface area contributed by atoms with Gasteiger partial charge >= 0.3 is 5.97 Å². The first-order valence-corrected chi connectivity index (χ1v) is 4.14. The van der Waals surface area contributed by atoms with Crippen molar-refractivity contribution < 1.29 is 14.3 Å². The molecule has 5 heteroatoms. The zero-order valence-electron chi connectivity index (χ0n) is 7.66. The van der Waals surface area contributed by atoms with Gasteiger partial charge in [0.1, 0.15) is 11.8 Å². The second-order valence-electron chi connectivity index (χ2n) is 2.75. The van der Waals surface area contributed by atoms with Gasteiger partial charge in [-0.25, -0.2) is 4.79 Å². The third-order valence-electron chi connectivity index (χ3n) is 1.73. The maximum atomic E-state index is 11.1. The summed E-state index contributed by atoms with van der Waals surface area (Å²) in [6, 6.07) is -0.487. The first kappa shape index (κ1) is 9.70. The predicted molar refractivity (Wildman–Crippen MR) is 46.3 cm³/mol. The van der Waals surface area contributed by atoms with Crippen molar-refractivity contribution >= 4 is 17.5 Å². The quantitative estimate of drug-likeness (QED) is 0.620. The van der Waals surface area contributed by atoms with E-state index >= 15 is 0 Å². The van der Waals surface area contributed by atoms with Gasteiger partial charge in [0.25, 0.3) is 0 Å². The minimum Gasteiger partial charge on any atom is -0.464 e. The highest BCUT2D eigenvalue weighted by Gasteiger charge is 2.27. The van der Waals surface area contributed by atoms with Crippen molar-refractivity contribution in [3.63, 3.8) is 0 Å². The maximum absolute atomic E-state index is 11.1. The summed E-state index contributed by atoms with van der Waals surface area (Å²) in [5, 5.41) is 3.74. The van der Waals surface area contributed by atoms with Gasteiger partial charge in [-0.1, -0.05) is 0 Å². The number of rotatable bonds is 3. The van der Waals surface area contributed by atoms with E-state index in [9.17, 15) is 9.59 Å². The molecule has 0 saturated heterocycles. The van der Waals surface area contributed by atoms with Gasteiger partial charge in [0.05, 0.1) is 6.61 Å². The highest BCUT2D eigenvalue weighted by atomic mass is 16.5. The number of nitrogens with zero attached hydrogens (tertiary/aromatic N) is 1. The lowest BCUT2D eigenvalue weighted by Crippen LogP contribution is -2.31. The Balaban J connectivity index is 2.45. The third-order valence-corrected chi connectivity index (χ3v) is 1.73. The van der Waals surface area contributed by atoms with E-state index in [1.54, 1.807) is 6.92 Å². The Morgan fingerprint density at radius 2 is 2.38 bits per heavy atom. The summed E-state index contributed by atoms with van der Waals surface area (Å²) in [5.41, 5.74) is 2.97. The fraction of sp³-hybridized carbons (Fsp3) is 0.625. The zero-order chi connectivity index (χ0) is 9.84. The van der Waals surface area contributed by atoms with Gasteiger partial charge in [0.2, 0.25) is 0 Å². The Hall–Kier alpha value is -1.39. The molecule has 0 spiro atoms. The van der Waals surface area contributed by atoms with Gasteiger partial charge in [0.15, 0.2) is 5.78 Å². The molecular weight excluding hydrogens is 172 g/mol. The van der Waals surface area contributed by atoms with Crippen LogP contribution >= 0.6 is 0 Å². The van der Waals surface area contributed by atoms with Gasteiger partial charge in [-0.2, -0.15) is 5.10 Å². The number of hydrogen-bond donors (Lipinski definition) is 1. The molecule has 1 heterocycles. The largest absolute Gasteiger partial charge is 0.464 e. The van der Waals surface area contributed by atoms with Crippen LogP contribution in [0.25, 0.3) is 0 Å². The average molecular weight is 184 g/mol. The average Bonchev–Trinajstić information content (AvgIpc) is 2.52. The van der Waals surface area contributed by atoms with E-state index in [1.165, 1.54) is 6.92 Å². The van der Waals surface area contributed by atoms with Crippen LogP contribution in [0.2, 0.25) is 0 Å².